The molecule has 3 heterocycles. The van der Waals surface area contributed by atoms with Gasteiger partial charge in [0, 0.05) is 58.6 Å². The van der Waals surface area contributed by atoms with Crippen LogP contribution in [0.2, 0.25) is 0 Å². The summed E-state index contributed by atoms with van der Waals surface area (Å²) < 4.78 is 13.9. The minimum Gasteiger partial charge on any atom is -0.343 e. The maximum Gasteiger partial charge on any atom is 0.234 e. The molecule has 1 aliphatic rings. The molecule has 0 unspecified atom stereocenters. The van der Waals surface area contributed by atoms with Crippen molar-refractivity contribution in [3.63, 3.8) is 0 Å². The van der Waals surface area contributed by atoms with Gasteiger partial charge in [-0.2, -0.15) is 5.10 Å². The Morgan fingerprint density at radius 1 is 1.33 bits per heavy atom. The summed E-state index contributed by atoms with van der Waals surface area (Å²) in [5.74, 6) is 1.09. The topological polar surface area (TPSA) is 67.2 Å². The molecule has 1 N–H and O–H groups in total. The van der Waals surface area contributed by atoms with Crippen molar-refractivity contribution >= 4 is 28.0 Å². The smallest absolute Gasteiger partial charge is 0.234 e. The van der Waals surface area contributed by atoms with Crippen LogP contribution in [0.15, 0.2) is 54.2 Å². The summed E-state index contributed by atoms with van der Waals surface area (Å²) in [5, 5.41) is 9.50. The first-order chi connectivity index (χ1) is 14.5. The quantitative estimate of drug-likeness (QED) is 0.638. The molecule has 0 spiro atoms. The van der Waals surface area contributed by atoms with E-state index in [0.717, 1.165) is 16.0 Å². The van der Waals surface area contributed by atoms with Crippen molar-refractivity contribution in [2.45, 2.75) is 19.0 Å². The number of nitrogens with zero attached hydrogens (tertiary/aromatic N) is 3. The highest BCUT2D eigenvalue weighted by molar-refractivity contribution is 7.85. The molecule has 8 heteroatoms. The fourth-order valence-electron chi connectivity index (χ4n) is 3.77. The SMILES string of the molecule is Cc1ccc([C@H](NC(=O)CN2CC[S@@](=O)C[C@H]2c2cnn(C)c2)c2cccs2)cc1. The molecule has 1 aliphatic heterocycles. The lowest BCUT2D eigenvalue weighted by molar-refractivity contribution is -0.123. The second kappa shape index (κ2) is 9.24. The lowest BCUT2D eigenvalue weighted by Crippen LogP contribution is -2.46. The maximum absolute atomic E-state index is 13.1. The van der Waals surface area contributed by atoms with Crippen molar-refractivity contribution in [1.29, 1.82) is 0 Å². The van der Waals surface area contributed by atoms with E-state index in [9.17, 15) is 9.00 Å². The van der Waals surface area contributed by atoms with Crippen LogP contribution in [0, 0.1) is 6.92 Å². The fourth-order valence-corrected chi connectivity index (χ4v) is 5.94. The van der Waals surface area contributed by atoms with Crippen molar-refractivity contribution in [3.8, 4) is 0 Å². The van der Waals surface area contributed by atoms with Gasteiger partial charge in [-0.3, -0.25) is 18.6 Å². The highest BCUT2D eigenvalue weighted by atomic mass is 32.2. The number of hydrogen-bond donors (Lipinski definition) is 1. The number of carbonyl (C=O) groups is 1. The van der Waals surface area contributed by atoms with Crippen LogP contribution in [-0.2, 0) is 22.6 Å². The summed E-state index contributed by atoms with van der Waals surface area (Å²) >= 11 is 1.64. The average Bonchev–Trinajstić information content (AvgIpc) is 3.40. The minimum absolute atomic E-state index is 0.0319. The molecular weight excluding hydrogens is 416 g/mol. The molecule has 2 aromatic heterocycles. The summed E-state index contributed by atoms with van der Waals surface area (Å²) in [6, 6.07) is 12.1. The Bertz CT molecular complexity index is 1010. The van der Waals surface area contributed by atoms with E-state index in [1.165, 1.54) is 5.56 Å². The van der Waals surface area contributed by atoms with Gasteiger partial charge in [-0.1, -0.05) is 35.9 Å². The van der Waals surface area contributed by atoms with Gasteiger partial charge in [-0.05, 0) is 23.9 Å². The second-order valence-corrected chi connectivity index (χ2v) is 10.3. The van der Waals surface area contributed by atoms with Crippen molar-refractivity contribution in [1.82, 2.24) is 20.0 Å². The Kier molecular flexibility index (Phi) is 6.46. The highest BCUT2D eigenvalue weighted by Gasteiger charge is 2.30. The van der Waals surface area contributed by atoms with E-state index in [4.69, 9.17) is 0 Å². The number of benzene rings is 1. The zero-order valence-electron chi connectivity index (χ0n) is 17.2. The Labute approximate surface area is 183 Å². The molecule has 1 saturated heterocycles. The van der Waals surface area contributed by atoms with Crippen molar-refractivity contribution in [2.24, 2.45) is 7.05 Å². The molecule has 30 heavy (non-hydrogen) atoms. The minimum atomic E-state index is -0.873. The molecule has 0 aliphatic carbocycles. The molecule has 0 radical (unpaired) electrons. The molecule has 1 aromatic carbocycles. The van der Waals surface area contributed by atoms with E-state index >= 15 is 0 Å². The third-order valence-electron chi connectivity index (χ3n) is 5.39. The molecule has 1 amide bonds. The molecule has 0 bridgehead atoms. The number of amides is 1. The van der Waals surface area contributed by atoms with E-state index < -0.39 is 10.8 Å². The maximum atomic E-state index is 13.1. The Balaban J connectivity index is 1.51. The van der Waals surface area contributed by atoms with Crippen LogP contribution in [0.4, 0.5) is 0 Å². The van der Waals surface area contributed by atoms with Crippen LogP contribution in [0.5, 0.6) is 0 Å². The van der Waals surface area contributed by atoms with Crippen molar-refractivity contribution < 1.29 is 9.00 Å². The molecule has 0 saturated carbocycles. The van der Waals surface area contributed by atoms with Gasteiger partial charge in [0.25, 0.3) is 0 Å². The molecule has 3 atom stereocenters. The second-order valence-electron chi connectivity index (χ2n) is 7.67. The number of thiophene rings is 1. The molecule has 158 valence electrons. The average molecular weight is 443 g/mol. The Morgan fingerprint density at radius 2 is 2.13 bits per heavy atom. The van der Waals surface area contributed by atoms with Gasteiger partial charge in [-0.15, -0.1) is 11.3 Å². The van der Waals surface area contributed by atoms with E-state index in [-0.39, 0.29) is 24.5 Å². The third-order valence-corrected chi connectivity index (χ3v) is 7.65. The molecule has 1 fully saturated rings. The first kappa shape index (κ1) is 21.0. The zero-order chi connectivity index (χ0) is 21.1. The summed E-state index contributed by atoms with van der Waals surface area (Å²) in [6.45, 7) is 2.96. The largest absolute Gasteiger partial charge is 0.343 e. The summed E-state index contributed by atoms with van der Waals surface area (Å²) in [4.78, 5) is 16.3. The van der Waals surface area contributed by atoms with Crippen LogP contribution < -0.4 is 5.32 Å². The summed E-state index contributed by atoms with van der Waals surface area (Å²) in [7, 11) is 0.996. The van der Waals surface area contributed by atoms with Crippen LogP contribution in [0.25, 0.3) is 0 Å². The molecule has 3 aromatic rings. The van der Waals surface area contributed by atoms with E-state index in [0.29, 0.717) is 18.1 Å². The fraction of sp³-hybridized carbons (Fsp3) is 0.364. The van der Waals surface area contributed by atoms with Gasteiger partial charge in [0.15, 0.2) is 0 Å². The van der Waals surface area contributed by atoms with Crippen molar-refractivity contribution in [3.05, 3.63) is 75.7 Å². The van der Waals surface area contributed by atoms with E-state index in [1.807, 2.05) is 24.7 Å². The lowest BCUT2D eigenvalue weighted by atomic mass is 10.0. The Hall–Kier alpha value is -2.29. The van der Waals surface area contributed by atoms with E-state index in [2.05, 4.69) is 52.6 Å². The van der Waals surface area contributed by atoms with Crippen LogP contribution in [0.1, 0.15) is 33.7 Å². The number of carbonyl (C=O) groups excluding carboxylic acids is 1. The predicted molar refractivity (Wildman–Crippen MR) is 121 cm³/mol. The van der Waals surface area contributed by atoms with Gasteiger partial charge in [0.05, 0.1) is 18.8 Å². The number of nitrogens with one attached hydrogen (secondary N) is 1. The van der Waals surface area contributed by atoms with E-state index in [1.54, 1.807) is 22.2 Å². The van der Waals surface area contributed by atoms with Gasteiger partial charge in [0.2, 0.25) is 5.91 Å². The Morgan fingerprint density at radius 3 is 2.80 bits per heavy atom. The summed E-state index contributed by atoms with van der Waals surface area (Å²) in [6.07, 6.45) is 3.75. The van der Waals surface area contributed by atoms with Gasteiger partial charge >= 0.3 is 0 Å². The predicted octanol–water partition coefficient (Wildman–Crippen LogP) is 2.80. The van der Waals surface area contributed by atoms with Crippen LogP contribution in [0.3, 0.4) is 0 Å². The van der Waals surface area contributed by atoms with Gasteiger partial charge in [0.1, 0.15) is 0 Å². The van der Waals surface area contributed by atoms with Crippen molar-refractivity contribution in [2.75, 3.05) is 24.6 Å². The molecular formula is C22H26N4O2S2. The number of rotatable bonds is 6. The highest BCUT2D eigenvalue weighted by Crippen LogP contribution is 2.28. The van der Waals surface area contributed by atoms with Gasteiger partial charge < -0.3 is 5.32 Å². The number of hydrogen-bond acceptors (Lipinski definition) is 5. The monoisotopic (exact) mass is 442 g/mol. The first-order valence-electron chi connectivity index (χ1n) is 9.96. The normalized spacial score (nSPS) is 20.7. The number of aromatic nitrogens is 2. The lowest BCUT2D eigenvalue weighted by Gasteiger charge is -2.34. The zero-order valence-corrected chi connectivity index (χ0v) is 18.8. The van der Waals surface area contributed by atoms with Gasteiger partial charge in [-0.25, -0.2) is 0 Å². The first-order valence-corrected chi connectivity index (χ1v) is 12.3. The third kappa shape index (κ3) is 4.88. The number of aryl methyl sites for hydroxylation is 2. The standard InChI is InChI=1S/C22H26N4O2S2/c1-16-5-7-17(8-6-16)22(20-4-3-10-29-20)24-21(27)14-26-9-11-30(28)15-19(26)18-12-23-25(2)13-18/h3-8,10,12-13,19,22H,9,11,14-15H2,1-2H3,(H,24,27)/t19-,22-,30+/m0/s1. The molecule has 4 rings (SSSR count). The summed E-state index contributed by atoms with van der Waals surface area (Å²) in [5.41, 5.74) is 3.27. The van der Waals surface area contributed by atoms with Crippen LogP contribution in [-0.4, -0.2) is 49.4 Å². The molecule has 6 nitrogen and oxygen atoms in total. The van der Waals surface area contributed by atoms with Crippen LogP contribution >= 0.6 is 11.3 Å².